The Balaban J connectivity index is 1.98. The number of aromatic nitrogens is 3. The Labute approximate surface area is 129 Å². The molecule has 0 fully saturated rings. The van der Waals surface area contributed by atoms with Crippen LogP contribution < -0.4 is 10.1 Å². The number of nitrogens with one attached hydrogen (secondary N) is 1. The lowest BCUT2D eigenvalue weighted by molar-refractivity contribution is 0.587. The maximum absolute atomic E-state index is 8.72. The molecule has 0 saturated carbocycles. The highest BCUT2D eigenvalue weighted by Crippen LogP contribution is 2.05. The molecule has 0 spiro atoms. The Kier molecular flexibility index (Phi) is 4.00. The van der Waals surface area contributed by atoms with Crippen LogP contribution in [0, 0.1) is 5.41 Å². The molecule has 3 rings (SSSR count). The van der Waals surface area contributed by atoms with Gasteiger partial charge in [0.15, 0.2) is 0 Å². The molecule has 0 unspecified atom stereocenters. The van der Waals surface area contributed by atoms with E-state index in [1.54, 1.807) is 5.12 Å². The highest BCUT2D eigenvalue weighted by atomic mass is 15.8. The smallest absolute Gasteiger partial charge is 0.253 e. The van der Waals surface area contributed by atoms with E-state index in [9.17, 15) is 0 Å². The van der Waals surface area contributed by atoms with Gasteiger partial charge in [-0.25, -0.2) is 14.4 Å². The van der Waals surface area contributed by atoms with Crippen LogP contribution >= 0.6 is 0 Å². The maximum atomic E-state index is 8.72. The van der Waals surface area contributed by atoms with Crippen LogP contribution in [0.3, 0.4) is 0 Å². The molecule has 0 aliphatic carbocycles. The molecule has 0 aliphatic heterocycles. The fraction of sp³-hybridized carbons (Fsp3) is 0.188. The van der Waals surface area contributed by atoms with Crippen molar-refractivity contribution in [3.05, 3.63) is 73.6 Å². The van der Waals surface area contributed by atoms with E-state index < -0.39 is 0 Å². The Hall–Kier alpha value is -2.89. The van der Waals surface area contributed by atoms with Crippen molar-refractivity contribution in [3.63, 3.8) is 0 Å². The first kappa shape index (κ1) is 14.1. The number of nitrogens with zero attached hydrogens (tertiary/aromatic N) is 5. The summed E-state index contributed by atoms with van der Waals surface area (Å²) in [5, 5.41) is 12.5. The molecule has 1 N–H and O–H groups in total. The van der Waals surface area contributed by atoms with Gasteiger partial charge in [0.2, 0.25) is 0 Å². The van der Waals surface area contributed by atoms with E-state index in [2.05, 4.69) is 6.92 Å². The Bertz CT molecular complexity index is 647. The van der Waals surface area contributed by atoms with Crippen LogP contribution in [0.25, 0.3) is 0 Å². The van der Waals surface area contributed by atoms with Gasteiger partial charge in [-0.1, -0.05) is 6.92 Å². The van der Waals surface area contributed by atoms with Crippen molar-refractivity contribution in [2.45, 2.75) is 13.3 Å². The molecule has 0 saturated heterocycles. The second-order valence-electron chi connectivity index (χ2n) is 4.93. The molecule has 3 aromatic rings. The van der Waals surface area contributed by atoms with Gasteiger partial charge < -0.3 is 0 Å². The van der Waals surface area contributed by atoms with Crippen molar-refractivity contribution in [2.75, 3.05) is 16.7 Å². The molecule has 0 radical (unpaired) electrons. The lowest BCUT2D eigenvalue weighted by Gasteiger charge is -2.34. The van der Waals surface area contributed by atoms with Crippen molar-refractivity contribution >= 4 is 5.96 Å². The Morgan fingerprint density at radius 1 is 0.773 bits per heavy atom. The van der Waals surface area contributed by atoms with Crippen molar-refractivity contribution in [1.82, 2.24) is 14.0 Å². The fourth-order valence-corrected chi connectivity index (χ4v) is 2.37. The van der Waals surface area contributed by atoms with E-state index in [0.717, 1.165) is 13.0 Å². The number of rotatable bonds is 5. The standard InChI is InChI=1S/C16H20N6/c1-2-9-21(18-10-3-4-11-18)16(17)22(19-12-5-6-13-19)20-14-7-8-15-20/h3-8,10-15,17H,2,9H2,1H3. The van der Waals surface area contributed by atoms with Gasteiger partial charge in [0.25, 0.3) is 5.96 Å². The first-order valence-electron chi connectivity index (χ1n) is 7.37. The van der Waals surface area contributed by atoms with Gasteiger partial charge >= 0.3 is 0 Å². The molecule has 22 heavy (non-hydrogen) atoms. The zero-order valence-corrected chi connectivity index (χ0v) is 12.6. The van der Waals surface area contributed by atoms with E-state index in [0.29, 0.717) is 5.96 Å². The number of hydrogen-bond acceptors (Lipinski definition) is 1. The normalized spacial score (nSPS) is 10.6. The topological polar surface area (TPSA) is 45.1 Å². The minimum atomic E-state index is 0.366. The van der Waals surface area contributed by atoms with Crippen molar-refractivity contribution in [2.24, 2.45) is 0 Å². The summed E-state index contributed by atoms with van der Waals surface area (Å²) in [6.45, 7) is 2.87. The van der Waals surface area contributed by atoms with Crippen molar-refractivity contribution in [1.29, 1.82) is 5.41 Å². The second kappa shape index (κ2) is 6.26. The predicted molar refractivity (Wildman–Crippen MR) is 88.0 cm³/mol. The SMILES string of the molecule is CCCN(C(=N)N(n1cccc1)n1cccc1)n1cccc1. The molecule has 114 valence electrons. The van der Waals surface area contributed by atoms with E-state index in [-0.39, 0.29) is 0 Å². The number of guanidine groups is 1. The van der Waals surface area contributed by atoms with Gasteiger partial charge in [-0.3, -0.25) is 10.1 Å². The molecule has 0 aromatic carbocycles. The lowest BCUT2D eigenvalue weighted by Crippen LogP contribution is -2.55. The minimum absolute atomic E-state index is 0.366. The highest BCUT2D eigenvalue weighted by Gasteiger charge is 2.20. The summed E-state index contributed by atoms with van der Waals surface area (Å²) in [5.41, 5.74) is 0. The molecule has 3 heterocycles. The molecule has 6 nitrogen and oxygen atoms in total. The molecular weight excluding hydrogens is 276 g/mol. The van der Waals surface area contributed by atoms with Gasteiger partial charge in [0, 0.05) is 43.7 Å². The first-order valence-corrected chi connectivity index (χ1v) is 7.37. The molecule has 0 aliphatic rings. The van der Waals surface area contributed by atoms with Crippen LogP contribution in [0.5, 0.6) is 0 Å². The lowest BCUT2D eigenvalue weighted by atomic mass is 10.5. The average Bonchev–Trinajstić information content (AvgIpc) is 3.27. The van der Waals surface area contributed by atoms with Crippen LogP contribution in [0.2, 0.25) is 0 Å². The van der Waals surface area contributed by atoms with E-state index >= 15 is 0 Å². The van der Waals surface area contributed by atoms with E-state index in [1.807, 2.05) is 92.6 Å². The Morgan fingerprint density at radius 2 is 1.18 bits per heavy atom. The van der Waals surface area contributed by atoms with Crippen LogP contribution in [0.1, 0.15) is 13.3 Å². The maximum Gasteiger partial charge on any atom is 0.253 e. The van der Waals surface area contributed by atoms with Crippen LogP contribution in [-0.4, -0.2) is 26.5 Å². The summed E-state index contributed by atoms with van der Waals surface area (Å²) in [7, 11) is 0. The number of hydrogen-bond donors (Lipinski definition) is 1. The summed E-state index contributed by atoms with van der Waals surface area (Å²) in [5.74, 6) is 0.366. The Morgan fingerprint density at radius 3 is 1.59 bits per heavy atom. The average molecular weight is 296 g/mol. The molecular formula is C16H20N6. The third-order valence-electron chi connectivity index (χ3n) is 3.35. The van der Waals surface area contributed by atoms with Crippen LogP contribution in [-0.2, 0) is 0 Å². The minimum Gasteiger partial charge on any atom is -0.266 e. The summed E-state index contributed by atoms with van der Waals surface area (Å²) in [6.07, 6.45) is 12.6. The van der Waals surface area contributed by atoms with Gasteiger partial charge in [0.1, 0.15) is 0 Å². The quantitative estimate of drug-likeness (QED) is 0.581. The first-order chi connectivity index (χ1) is 10.8. The van der Waals surface area contributed by atoms with E-state index in [4.69, 9.17) is 5.41 Å². The molecule has 6 heteroatoms. The summed E-state index contributed by atoms with van der Waals surface area (Å²) in [4.78, 5) is 0. The van der Waals surface area contributed by atoms with Crippen LogP contribution in [0.15, 0.2) is 73.6 Å². The zero-order chi connectivity index (χ0) is 15.4. The molecule has 0 bridgehead atoms. The third kappa shape index (κ3) is 2.63. The fourth-order valence-electron chi connectivity index (χ4n) is 2.37. The van der Waals surface area contributed by atoms with Crippen LogP contribution in [0.4, 0.5) is 0 Å². The van der Waals surface area contributed by atoms with E-state index in [1.165, 1.54) is 0 Å². The monoisotopic (exact) mass is 296 g/mol. The molecule has 0 atom stereocenters. The summed E-state index contributed by atoms with van der Waals surface area (Å²) >= 11 is 0. The largest absolute Gasteiger partial charge is 0.266 e. The second-order valence-corrected chi connectivity index (χ2v) is 4.93. The van der Waals surface area contributed by atoms with Crippen molar-refractivity contribution < 1.29 is 0 Å². The van der Waals surface area contributed by atoms with Gasteiger partial charge in [-0.15, -0.1) is 5.12 Å². The summed E-state index contributed by atoms with van der Waals surface area (Å²) < 4.78 is 5.70. The highest BCUT2D eigenvalue weighted by molar-refractivity contribution is 5.94. The molecule has 0 amide bonds. The van der Waals surface area contributed by atoms with Gasteiger partial charge in [0.05, 0.1) is 0 Å². The van der Waals surface area contributed by atoms with Gasteiger partial charge in [-0.05, 0) is 42.8 Å². The molecule has 3 aromatic heterocycles. The zero-order valence-electron chi connectivity index (χ0n) is 12.6. The third-order valence-corrected chi connectivity index (χ3v) is 3.35. The predicted octanol–water partition coefficient (Wildman–Crippen LogP) is 2.48. The van der Waals surface area contributed by atoms with Gasteiger partial charge in [-0.2, -0.15) is 0 Å². The van der Waals surface area contributed by atoms with Crippen molar-refractivity contribution in [3.8, 4) is 0 Å². The summed E-state index contributed by atoms with van der Waals surface area (Å²) in [6, 6.07) is 11.7.